The predicted octanol–water partition coefficient (Wildman–Crippen LogP) is 4.59. The third-order valence-electron chi connectivity index (χ3n) is 3.37. The summed E-state index contributed by atoms with van der Waals surface area (Å²) in [7, 11) is 0. The van der Waals surface area contributed by atoms with E-state index in [-0.39, 0.29) is 0 Å². The van der Waals surface area contributed by atoms with E-state index in [9.17, 15) is 5.11 Å². The average molecular weight is 297 g/mol. The first kappa shape index (κ1) is 12.0. The van der Waals surface area contributed by atoms with Crippen molar-refractivity contribution < 1.29 is 5.11 Å². The Balaban J connectivity index is 1.79. The number of pyridine rings is 1. The fraction of sp³-hybridized carbons (Fsp3) is 0.0625. The van der Waals surface area contributed by atoms with Crippen molar-refractivity contribution >= 4 is 43.0 Å². The number of rotatable bonds is 2. The van der Waals surface area contributed by atoms with Gasteiger partial charge in [-0.25, -0.2) is 0 Å². The predicted molar refractivity (Wildman–Crippen MR) is 85.5 cm³/mol. The van der Waals surface area contributed by atoms with Gasteiger partial charge in [-0.05, 0) is 41.3 Å². The quantitative estimate of drug-likeness (QED) is 0.587. The number of aliphatic hydroxyl groups is 1. The second-order valence-electron chi connectivity index (χ2n) is 4.66. The Morgan fingerprint density at radius 1 is 1.05 bits per heavy atom. The Bertz CT molecular complexity index is 865. The maximum atomic E-state index is 10.6. The van der Waals surface area contributed by atoms with Crippen LogP contribution in [0.2, 0.25) is 0 Å². The first-order chi connectivity index (χ1) is 9.81. The molecule has 4 aromatic rings. The summed E-state index contributed by atoms with van der Waals surface area (Å²) in [5, 5.41) is 13.7. The van der Waals surface area contributed by atoms with Gasteiger partial charge in [0.05, 0.1) is 5.52 Å². The van der Waals surface area contributed by atoms with Gasteiger partial charge >= 0.3 is 0 Å². The highest BCUT2D eigenvalue weighted by Gasteiger charge is 2.14. The summed E-state index contributed by atoms with van der Waals surface area (Å²) >= 11 is 3.37. The lowest BCUT2D eigenvalue weighted by Gasteiger charge is -2.09. The van der Waals surface area contributed by atoms with Gasteiger partial charge < -0.3 is 5.11 Å². The first-order valence-electron chi connectivity index (χ1n) is 6.31. The van der Waals surface area contributed by atoms with E-state index in [4.69, 9.17) is 0 Å². The zero-order valence-electron chi connectivity index (χ0n) is 10.5. The lowest BCUT2D eigenvalue weighted by Crippen LogP contribution is -1.96. The standard InChI is InChI=1S/C16H11NOS2/c18-16(15-9-14-13(20-15)5-7-19-14)11-3-4-12-10(8-11)2-1-6-17-12/h1-9,16,18H. The molecule has 1 unspecified atom stereocenters. The van der Waals surface area contributed by atoms with Crippen LogP contribution in [0.15, 0.2) is 54.0 Å². The van der Waals surface area contributed by atoms with Crippen LogP contribution in [-0.4, -0.2) is 10.1 Å². The van der Waals surface area contributed by atoms with Gasteiger partial charge in [0.15, 0.2) is 0 Å². The zero-order valence-corrected chi connectivity index (χ0v) is 12.1. The van der Waals surface area contributed by atoms with Gasteiger partial charge in [0.1, 0.15) is 6.10 Å². The summed E-state index contributed by atoms with van der Waals surface area (Å²) in [6.45, 7) is 0. The molecule has 4 heteroatoms. The molecule has 1 N–H and O–H groups in total. The lowest BCUT2D eigenvalue weighted by molar-refractivity contribution is 0.224. The van der Waals surface area contributed by atoms with Crippen molar-refractivity contribution in [2.45, 2.75) is 6.10 Å². The first-order valence-corrected chi connectivity index (χ1v) is 8.00. The second-order valence-corrected chi connectivity index (χ2v) is 6.72. The van der Waals surface area contributed by atoms with Crippen LogP contribution in [0.5, 0.6) is 0 Å². The molecule has 0 fully saturated rings. The van der Waals surface area contributed by atoms with Gasteiger partial charge in [-0.15, -0.1) is 22.7 Å². The van der Waals surface area contributed by atoms with E-state index < -0.39 is 6.10 Å². The number of fused-ring (bicyclic) bond motifs is 2. The van der Waals surface area contributed by atoms with E-state index in [1.807, 2.05) is 30.3 Å². The smallest absolute Gasteiger partial charge is 0.113 e. The van der Waals surface area contributed by atoms with Gasteiger partial charge in [0.2, 0.25) is 0 Å². The third-order valence-corrected chi connectivity index (χ3v) is 5.52. The summed E-state index contributed by atoms with van der Waals surface area (Å²) in [5.74, 6) is 0. The molecule has 0 saturated heterocycles. The molecule has 0 saturated carbocycles. The van der Waals surface area contributed by atoms with Crippen LogP contribution in [0.1, 0.15) is 16.5 Å². The molecule has 0 bridgehead atoms. The Labute approximate surface area is 124 Å². The van der Waals surface area contributed by atoms with Gasteiger partial charge in [0, 0.05) is 25.9 Å². The molecule has 3 heterocycles. The number of benzene rings is 1. The molecule has 0 aliphatic carbocycles. The SMILES string of the molecule is OC(c1ccc2ncccc2c1)c1cc2sccc2s1. The lowest BCUT2D eigenvalue weighted by atomic mass is 10.1. The molecular weight excluding hydrogens is 286 g/mol. The van der Waals surface area contributed by atoms with E-state index in [1.165, 1.54) is 9.40 Å². The van der Waals surface area contributed by atoms with E-state index >= 15 is 0 Å². The second kappa shape index (κ2) is 4.66. The molecule has 0 aliphatic heterocycles. The summed E-state index contributed by atoms with van der Waals surface area (Å²) in [6, 6.07) is 14.1. The number of aromatic nitrogens is 1. The molecule has 20 heavy (non-hydrogen) atoms. The van der Waals surface area contributed by atoms with Crippen LogP contribution in [0.4, 0.5) is 0 Å². The number of thiophene rings is 2. The molecule has 0 amide bonds. The molecule has 0 spiro atoms. The summed E-state index contributed by atoms with van der Waals surface area (Å²) in [4.78, 5) is 5.30. The van der Waals surface area contributed by atoms with Gasteiger partial charge in [0.25, 0.3) is 0 Å². The number of nitrogens with zero attached hydrogens (tertiary/aromatic N) is 1. The number of hydrogen-bond donors (Lipinski definition) is 1. The average Bonchev–Trinajstić information content (AvgIpc) is 3.07. The van der Waals surface area contributed by atoms with Crippen molar-refractivity contribution in [3.63, 3.8) is 0 Å². The van der Waals surface area contributed by atoms with Crippen molar-refractivity contribution in [3.8, 4) is 0 Å². The van der Waals surface area contributed by atoms with Crippen LogP contribution < -0.4 is 0 Å². The van der Waals surface area contributed by atoms with E-state index in [0.717, 1.165) is 21.3 Å². The zero-order chi connectivity index (χ0) is 13.5. The molecular formula is C16H11NOS2. The van der Waals surface area contributed by atoms with Crippen LogP contribution in [-0.2, 0) is 0 Å². The molecule has 3 aromatic heterocycles. The minimum absolute atomic E-state index is 0.566. The van der Waals surface area contributed by atoms with E-state index in [1.54, 1.807) is 28.9 Å². The molecule has 4 rings (SSSR count). The highest BCUT2D eigenvalue weighted by atomic mass is 32.1. The maximum absolute atomic E-state index is 10.6. The largest absolute Gasteiger partial charge is 0.383 e. The Morgan fingerprint density at radius 3 is 2.90 bits per heavy atom. The van der Waals surface area contributed by atoms with Crippen molar-refractivity contribution in [1.29, 1.82) is 0 Å². The topological polar surface area (TPSA) is 33.1 Å². The third kappa shape index (κ3) is 1.93. The van der Waals surface area contributed by atoms with Crippen LogP contribution in [0, 0.1) is 0 Å². The minimum Gasteiger partial charge on any atom is -0.383 e. The highest BCUT2D eigenvalue weighted by Crippen LogP contribution is 2.36. The summed E-state index contributed by atoms with van der Waals surface area (Å²) in [6.07, 6.45) is 1.22. The van der Waals surface area contributed by atoms with Crippen molar-refractivity contribution in [1.82, 2.24) is 4.98 Å². The number of hydrogen-bond acceptors (Lipinski definition) is 4. The van der Waals surface area contributed by atoms with Crippen molar-refractivity contribution in [2.75, 3.05) is 0 Å². The molecule has 0 aliphatic rings. The Morgan fingerprint density at radius 2 is 2.00 bits per heavy atom. The van der Waals surface area contributed by atoms with Crippen LogP contribution in [0.25, 0.3) is 20.3 Å². The molecule has 1 aromatic carbocycles. The van der Waals surface area contributed by atoms with Gasteiger partial charge in [-0.3, -0.25) is 4.98 Å². The van der Waals surface area contributed by atoms with Crippen molar-refractivity contribution in [3.05, 3.63) is 64.5 Å². The molecule has 0 radical (unpaired) electrons. The monoisotopic (exact) mass is 297 g/mol. The Kier molecular flexibility index (Phi) is 2.80. The van der Waals surface area contributed by atoms with Crippen molar-refractivity contribution in [2.24, 2.45) is 0 Å². The van der Waals surface area contributed by atoms with Gasteiger partial charge in [-0.2, -0.15) is 0 Å². The number of aliphatic hydroxyl groups excluding tert-OH is 1. The van der Waals surface area contributed by atoms with E-state index in [0.29, 0.717) is 0 Å². The maximum Gasteiger partial charge on any atom is 0.113 e. The molecule has 1 atom stereocenters. The Hall–Kier alpha value is -1.75. The van der Waals surface area contributed by atoms with Crippen LogP contribution >= 0.6 is 22.7 Å². The highest BCUT2D eigenvalue weighted by molar-refractivity contribution is 7.26. The minimum atomic E-state index is -0.566. The van der Waals surface area contributed by atoms with E-state index in [2.05, 4.69) is 22.5 Å². The fourth-order valence-corrected chi connectivity index (χ4v) is 4.48. The normalized spacial score (nSPS) is 13.1. The fourth-order valence-electron chi connectivity index (χ4n) is 2.35. The molecule has 98 valence electrons. The van der Waals surface area contributed by atoms with Crippen LogP contribution in [0.3, 0.4) is 0 Å². The summed E-state index contributed by atoms with van der Waals surface area (Å²) in [5.41, 5.74) is 1.87. The molecule has 2 nitrogen and oxygen atoms in total. The summed E-state index contributed by atoms with van der Waals surface area (Å²) < 4.78 is 2.48. The van der Waals surface area contributed by atoms with Gasteiger partial charge in [-0.1, -0.05) is 12.1 Å².